The van der Waals surface area contributed by atoms with Crippen molar-refractivity contribution in [3.8, 4) is 5.75 Å². The van der Waals surface area contributed by atoms with Crippen LogP contribution in [0.2, 0.25) is 0 Å². The van der Waals surface area contributed by atoms with E-state index in [0.29, 0.717) is 13.0 Å². The number of aromatic nitrogens is 1. The Hall–Kier alpha value is -3.82. The number of likely N-dealkylation sites (tertiary alicyclic amines) is 1. The molecule has 0 radical (unpaired) electrons. The highest BCUT2D eigenvalue weighted by molar-refractivity contribution is 5.94. The maximum absolute atomic E-state index is 13.3. The monoisotopic (exact) mass is 514 g/mol. The second-order valence-corrected chi connectivity index (χ2v) is 9.78. The molecule has 1 aliphatic rings. The number of benzene rings is 1. The molecule has 0 aliphatic carbocycles. The van der Waals surface area contributed by atoms with Crippen molar-refractivity contribution in [1.29, 1.82) is 0 Å². The van der Waals surface area contributed by atoms with E-state index in [1.54, 1.807) is 37.8 Å². The molecule has 0 unspecified atom stereocenters. The Morgan fingerprint density at radius 2 is 1.68 bits per heavy atom. The molecule has 2 heterocycles. The molecule has 1 saturated heterocycles. The van der Waals surface area contributed by atoms with E-state index in [-0.39, 0.29) is 36.2 Å². The lowest BCUT2D eigenvalue weighted by Gasteiger charge is -2.37. The van der Waals surface area contributed by atoms with E-state index in [2.05, 4.69) is 0 Å². The van der Waals surface area contributed by atoms with Gasteiger partial charge in [-0.2, -0.15) is 0 Å². The summed E-state index contributed by atoms with van der Waals surface area (Å²) < 4.78 is 22.7. The van der Waals surface area contributed by atoms with Crippen LogP contribution in [0.4, 0.5) is 4.79 Å². The molecule has 2 aromatic rings. The van der Waals surface area contributed by atoms with Gasteiger partial charge in [-0.15, -0.1) is 0 Å². The predicted octanol–water partition coefficient (Wildman–Crippen LogP) is 3.79. The number of amides is 1. The molecule has 0 N–H and O–H groups in total. The number of carbonyl (C=O) groups is 3. The molecule has 1 aliphatic heterocycles. The molecule has 3 rings (SSSR count). The van der Waals surface area contributed by atoms with Crippen LogP contribution in [0.15, 0.2) is 41.3 Å². The van der Waals surface area contributed by atoms with Crippen molar-refractivity contribution in [3.63, 3.8) is 0 Å². The van der Waals surface area contributed by atoms with Crippen LogP contribution < -0.4 is 10.2 Å². The number of pyridine rings is 1. The molecule has 0 bridgehead atoms. The van der Waals surface area contributed by atoms with E-state index in [1.165, 1.54) is 17.9 Å². The summed E-state index contributed by atoms with van der Waals surface area (Å²) in [6.45, 7) is 5.95. The van der Waals surface area contributed by atoms with Gasteiger partial charge in [0.15, 0.2) is 11.4 Å². The Morgan fingerprint density at radius 1 is 1.00 bits per heavy atom. The zero-order chi connectivity index (χ0) is 27.2. The van der Waals surface area contributed by atoms with Crippen LogP contribution in [0.1, 0.15) is 66.4 Å². The van der Waals surface area contributed by atoms with E-state index in [4.69, 9.17) is 18.9 Å². The molecular formula is C27H34N2O8. The normalized spacial score (nSPS) is 15.6. The number of nitrogens with zero attached hydrogens (tertiary/aromatic N) is 2. The Labute approximate surface area is 216 Å². The van der Waals surface area contributed by atoms with Gasteiger partial charge in [0.05, 0.1) is 20.3 Å². The lowest BCUT2D eigenvalue weighted by molar-refractivity contribution is 0.00759. The molecule has 37 heavy (non-hydrogen) atoms. The fourth-order valence-corrected chi connectivity index (χ4v) is 4.19. The van der Waals surface area contributed by atoms with Crippen LogP contribution in [0.5, 0.6) is 5.75 Å². The molecule has 1 amide bonds. The molecule has 0 spiro atoms. The van der Waals surface area contributed by atoms with Crippen LogP contribution in [-0.4, -0.2) is 59.9 Å². The first-order valence-electron chi connectivity index (χ1n) is 12.2. The van der Waals surface area contributed by atoms with Crippen molar-refractivity contribution in [2.24, 2.45) is 0 Å². The Kier molecular flexibility index (Phi) is 8.96. The molecule has 1 atom stereocenters. The average Bonchev–Trinajstić information content (AvgIpc) is 2.87. The van der Waals surface area contributed by atoms with E-state index in [0.717, 1.165) is 25.5 Å². The summed E-state index contributed by atoms with van der Waals surface area (Å²) in [6.07, 6.45) is 3.10. The van der Waals surface area contributed by atoms with Gasteiger partial charge in [-0.1, -0.05) is 30.3 Å². The number of methoxy groups -OCH3 is 2. The number of hydrogen-bond acceptors (Lipinski definition) is 8. The van der Waals surface area contributed by atoms with E-state index in [1.807, 2.05) is 18.2 Å². The fourth-order valence-electron chi connectivity index (χ4n) is 4.19. The molecule has 10 heteroatoms. The standard InChI is InChI=1S/C27H34N2O8/c1-27(2,3)37-26(33)29-14-10-9-13-19(29)15-28-16-20(24(31)34-4)22(30)23(21(28)25(32)35-5)36-17-18-11-7-6-8-12-18/h6-8,11-12,16,19H,9-10,13-15,17H2,1-5H3/t19-/m0/s1. The van der Waals surface area contributed by atoms with Crippen molar-refractivity contribution < 1.29 is 33.3 Å². The van der Waals surface area contributed by atoms with E-state index >= 15 is 0 Å². The summed E-state index contributed by atoms with van der Waals surface area (Å²) >= 11 is 0. The molecule has 200 valence electrons. The minimum absolute atomic E-state index is 0.0157. The predicted molar refractivity (Wildman–Crippen MR) is 135 cm³/mol. The number of hydrogen-bond donors (Lipinski definition) is 0. The highest BCUT2D eigenvalue weighted by Crippen LogP contribution is 2.25. The molecule has 1 fully saturated rings. The van der Waals surface area contributed by atoms with Crippen molar-refractivity contribution >= 4 is 18.0 Å². The number of piperidine rings is 1. The van der Waals surface area contributed by atoms with Crippen LogP contribution in [0.25, 0.3) is 0 Å². The summed E-state index contributed by atoms with van der Waals surface area (Å²) in [7, 11) is 2.36. The van der Waals surface area contributed by atoms with Crippen LogP contribution in [0.3, 0.4) is 0 Å². The Morgan fingerprint density at radius 3 is 2.30 bits per heavy atom. The third-order valence-electron chi connectivity index (χ3n) is 5.91. The topological polar surface area (TPSA) is 113 Å². The zero-order valence-corrected chi connectivity index (χ0v) is 21.9. The Bertz CT molecular complexity index is 1180. The third kappa shape index (κ3) is 6.90. The van der Waals surface area contributed by atoms with Gasteiger partial charge in [-0.25, -0.2) is 14.4 Å². The summed E-state index contributed by atoms with van der Waals surface area (Å²) in [6, 6.07) is 8.73. The van der Waals surface area contributed by atoms with E-state index < -0.39 is 29.1 Å². The first kappa shape index (κ1) is 27.8. The first-order chi connectivity index (χ1) is 17.6. The minimum atomic E-state index is -0.868. The number of rotatable bonds is 7. The Balaban J connectivity index is 2.07. The minimum Gasteiger partial charge on any atom is -0.482 e. The van der Waals surface area contributed by atoms with Crippen molar-refractivity contribution in [2.45, 2.75) is 64.8 Å². The summed E-state index contributed by atoms with van der Waals surface area (Å²) in [4.78, 5) is 53.3. The number of esters is 2. The molecule has 1 aromatic heterocycles. The fraction of sp³-hybridized carbons (Fsp3) is 0.481. The van der Waals surface area contributed by atoms with Crippen molar-refractivity contribution in [2.75, 3.05) is 20.8 Å². The third-order valence-corrected chi connectivity index (χ3v) is 5.91. The molecule has 10 nitrogen and oxygen atoms in total. The number of carbonyl (C=O) groups excluding carboxylic acids is 3. The molecular weight excluding hydrogens is 480 g/mol. The average molecular weight is 515 g/mol. The van der Waals surface area contributed by atoms with Crippen LogP contribution in [0, 0.1) is 0 Å². The number of ether oxygens (including phenoxy) is 4. The summed E-state index contributed by atoms with van der Waals surface area (Å²) in [5.74, 6) is -2.00. The maximum atomic E-state index is 13.3. The first-order valence-corrected chi connectivity index (χ1v) is 12.2. The second-order valence-electron chi connectivity index (χ2n) is 9.78. The molecule has 1 aromatic carbocycles. The highest BCUT2D eigenvalue weighted by Gasteiger charge is 2.33. The van der Waals surface area contributed by atoms with Gasteiger partial charge in [-0.05, 0) is 45.6 Å². The quantitative estimate of drug-likeness (QED) is 0.405. The van der Waals surface area contributed by atoms with Crippen LogP contribution in [-0.2, 0) is 27.4 Å². The zero-order valence-electron chi connectivity index (χ0n) is 21.9. The lowest BCUT2D eigenvalue weighted by Crippen LogP contribution is -2.48. The van der Waals surface area contributed by atoms with Gasteiger partial charge in [0, 0.05) is 19.3 Å². The second kappa shape index (κ2) is 11.9. The highest BCUT2D eigenvalue weighted by atomic mass is 16.6. The maximum Gasteiger partial charge on any atom is 0.410 e. The van der Waals surface area contributed by atoms with Crippen molar-refractivity contribution in [3.05, 3.63) is 63.6 Å². The van der Waals surface area contributed by atoms with E-state index in [9.17, 15) is 19.2 Å². The van der Waals surface area contributed by atoms with Crippen LogP contribution >= 0.6 is 0 Å². The van der Waals surface area contributed by atoms with Gasteiger partial charge >= 0.3 is 18.0 Å². The smallest absolute Gasteiger partial charge is 0.410 e. The largest absolute Gasteiger partial charge is 0.482 e. The van der Waals surface area contributed by atoms with Crippen molar-refractivity contribution in [1.82, 2.24) is 9.47 Å². The summed E-state index contributed by atoms with van der Waals surface area (Å²) in [5, 5.41) is 0. The van der Waals surface area contributed by atoms with Gasteiger partial charge in [0.25, 0.3) is 0 Å². The summed E-state index contributed by atoms with van der Waals surface area (Å²) in [5.41, 5.74) is -1.14. The van der Waals surface area contributed by atoms with Gasteiger partial charge < -0.3 is 28.4 Å². The van der Waals surface area contributed by atoms with Gasteiger partial charge in [0.2, 0.25) is 5.43 Å². The lowest BCUT2D eigenvalue weighted by atomic mass is 10.0. The molecule has 0 saturated carbocycles. The SMILES string of the molecule is COC(=O)c1cn(C[C@@H]2CCCCN2C(=O)OC(C)(C)C)c(C(=O)OC)c(OCc2ccccc2)c1=O. The van der Waals surface area contributed by atoms with Gasteiger partial charge in [-0.3, -0.25) is 4.79 Å². The van der Waals surface area contributed by atoms with Gasteiger partial charge in [0.1, 0.15) is 17.8 Å².